The van der Waals surface area contributed by atoms with Gasteiger partial charge in [-0.15, -0.1) is 11.3 Å². The molecule has 0 aliphatic rings. The van der Waals surface area contributed by atoms with Crippen LogP contribution in [0.4, 0.5) is 11.4 Å². The van der Waals surface area contributed by atoms with E-state index < -0.39 is 10.0 Å². The fourth-order valence-electron chi connectivity index (χ4n) is 2.41. The van der Waals surface area contributed by atoms with E-state index in [0.29, 0.717) is 28.4 Å². The highest BCUT2D eigenvalue weighted by Gasteiger charge is 2.16. The van der Waals surface area contributed by atoms with Crippen LogP contribution in [-0.2, 0) is 10.0 Å². The van der Waals surface area contributed by atoms with Crippen LogP contribution in [0.3, 0.4) is 0 Å². The van der Waals surface area contributed by atoms with Gasteiger partial charge in [0.05, 0.1) is 19.9 Å². The molecule has 3 aromatic rings. The van der Waals surface area contributed by atoms with Gasteiger partial charge in [0.25, 0.3) is 15.9 Å². The fraction of sp³-hybridized carbons (Fsp3) is 0.105. The summed E-state index contributed by atoms with van der Waals surface area (Å²) in [4.78, 5) is 12.5. The van der Waals surface area contributed by atoms with Gasteiger partial charge in [0.1, 0.15) is 15.7 Å². The second-order valence-corrected chi connectivity index (χ2v) is 8.49. The summed E-state index contributed by atoms with van der Waals surface area (Å²) >= 11 is 1.13. The second kappa shape index (κ2) is 8.32. The molecule has 1 heterocycles. The van der Waals surface area contributed by atoms with Crippen LogP contribution in [0, 0.1) is 0 Å². The Labute approximate surface area is 167 Å². The van der Waals surface area contributed by atoms with Gasteiger partial charge in [-0.25, -0.2) is 8.42 Å². The van der Waals surface area contributed by atoms with E-state index in [0.717, 1.165) is 11.3 Å². The normalized spacial score (nSPS) is 10.9. The first-order valence-electron chi connectivity index (χ1n) is 8.13. The molecule has 9 heteroatoms. The molecule has 0 spiro atoms. The molecule has 2 N–H and O–H groups in total. The number of thiophene rings is 1. The Bertz CT molecular complexity index is 1060. The maximum atomic E-state index is 12.5. The number of hydrogen-bond donors (Lipinski definition) is 2. The van der Waals surface area contributed by atoms with Crippen molar-refractivity contribution >= 4 is 38.6 Å². The summed E-state index contributed by atoms with van der Waals surface area (Å²) < 4.78 is 37.6. The molecular weight excluding hydrogens is 400 g/mol. The van der Waals surface area contributed by atoms with Crippen molar-refractivity contribution in [2.75, 3.05) is 24.3 Å². The van der Waals surface area contributed by atoms with E-state index in [1.54, 1.807) is 36.8 Å². The molecule has 0 atom stereocenters. The number of hydrogen-bond acceptors (Lipinski definition) is 6. The molecule has 146 valence electrons. The van der Waals surface area contributed by atoms with Gasteiger partial charge < -0.3 is 14.8 Å². The van der Waals surface area contributed by atoms with Gasteiger partial charge in [-0.3, -0.25) is 9.52 Å². The maximum absolute atomic E-state index is 12.5. The lowest BCUT2D eigenvalue weighted by atomic mass is 10.2. The van der Waals surface area contributed by atoms with Gasteiger partial charge in [0.2, 0.25) is 0 Å². The van der Waals surface area contributed by atoms with Crippen molar-refractivity contribution in [3.63, 3.8) is 0 Å². The van der Waals surface area contributed by atoms with Crippen molar-refractivity contribution in [2.45, 2.75) is 4.21 Å². The summed E-state index contributed by atoms with van der Waals surface area (Å²) in [6, 6.07) is 14.4. The first-order chi connectivity index (χ1) is 13.4. The van der Waals surface area contributed by atoms with Gasteiger partial charge in [-0.1, -0.05) is 6.07 Å². The van der Waals surface area contributed by atoms with Gasteiger partial charge >= 0.3 is 0 Å². The number of carbonyl (C=O) groups is 1. The summed E-state index contributed by atoms with van der Waals surface area (Å²) in [7, 11) is -0.586. The predicted molar refractivity (Wildman–Crippen MR) is 109 cm³/mol. The number of rotatable bonds is 7. The lowest BCUT2D eigenvalue weighted by Crippen LogP contribution is -2.14. The Morgan fingerprint density at radius 1 is 1.00 bits per heavy atom. The molecule has 7 nitrogen and oxygen atoms in total. The molecule has 3 rings (SSSR count). The van der Waals surface area contributed by atoms with Crippen LogP contribution in [0.2, 0.25) is 0 Å². The number of carbonyl (C=O) groups excluding carboxylic acids is 1. The van der Waals surface area contributed by atoms with Gasteiger partial charge in [0.15, 0.2) is 0 Å². The molecule has 28 heavy (non-hydrogen) atoms. The molecule has 0 saturated carbocycles. The molecule has 0 unspecified atom stereocenters. The number of sulfonamides is 1. The van der Waals surface area contributed by atoms with Crippen LogP contribution in [0.15, 0.2) is 64.2 Å². The SMILES string of the molecule is COc1ccc(NC(=O)c2ccc(NS(=O)(=O)c3cccs3)cc2)c(OC)c1. The maximum Gasteiger partial charge on any atom is 0.271 e. The van der Waals surface area contributed by atoms with Crippen LogP contribution in [-0.4, -0.2) is 28.5 Å². The van der Waals surface area contributed by atoms with Crippen molar-refractivity contribution < 1.29 is 22.7 Å². The van der Waals surface area contributed by atoms with E-state index in [9.17, 15) is 13.2 Å². The monoisotopic (exact) mass is 418 g/mol. The Balaban J connectivity index is 1.72. The Morgan fingerprint density at radius 2 is 1.75 bits per heavy atom. The summed E-state index contributed by atoms with van der Waals surface area (Å²) in [6.45, 7) is 0. The Kier molecular flexibility index (Phi) is 5.86. The van der Waals surface area contributed by atoms with Gasteiger partial charge in [-0.2, -0.15) is 0 Å². The lowest BCUT2D eigenvalue weighted by molar-refractivity contribution is 0.102. The summed E-state index contributed by atoms with van der Waals surface area (Å²) in [5, 5.41) is 4.45. The highest BCUT2D eigenvalue weighted by molar-refractivity contribution is 7.94. The zero-order chi connectivity index (χ0) is 20.1. The minimum absolute atomic E-state index is 0.223. The van der Waals surface area contributed by atoms with Crippen LogP contribution < -0.4 is 19.5 Å². The molecule has 1 aromatic heterocycles. The van der Waals surface area contributed by atoms with Crippen molar-refractivity contribution in [2.24, 2.45) is 0 Å². The molecule has 0 fully saturated rings. The summed E-state index contributed by atoms with van der Waals surface area (Å²) in [5.74, 6) is 0.724. The minimum atomic E-state index is -3.63. The van der Waals surface area contributed by atoms with Crippen LogP contribution in [0.1, 0.15) is 10.4 Å². The zero-order valence-corrected chi connectivity index (χ0v) is 16.8. The summed E-state index contributed by atoms with van der Waals surface area (Å²) in [5.41, 5.74) is 1.24. The molecule has 2 aromatic carbocycles. The number of methoxy groups -OCH3 is 2. The third-order valence-electron chi connectivity index (χ3n) is 3.82. The zero-order valence-electron chi connectivity index (χ0n) is 15.1. The highest BCUT2D eigenvalue weighted by Crippen LogP contribution is 2.29. The first-order valence-corrected chi connectivity index (χ1v) is 10.5. The number of ether oxygens (including phenoxy) is 2. The van der Waals surface area contributed by atoms with E-state index in [2.05, 4.69) is 10.0 Å². The van der Waals surface area contributed by atoms with E-state index >= 15 is 0 Å². The molecule has 0 aliphatic heterocycles. The van der Waals surface area contributed by atoms with Crippen molar-refractivity contribution in [1.82, 2.24) is 0 Å². The van der Waals surface area contributed by atoms with Crippen LogP contribution in [0.5, 0.6) is 11.5 Å². The average molecular weight is 418 g/mol. The fourth-order valence-corrected chi connectivity index (χ4v) is 4.46. The minimum Gasteiger partial charge on any atom is -0.497 e. The number of nitrogens with one attached hydrogen (secondary N) is 2. The van der Waals surface area contributed by atoms with Crippen molar-refractivity contribution in [3.8, 4) is 11.5 Å². The summed E-state index contributed by atoms with van der Waals surface area (Å²) in [6.07, 6.45) is 0. The molecular formula is C19H18N2O5S2. The van der Waals surface area contributed by atoms with Crippen LogP contribution >= 0.6 is 11.3 Å². The largest absolute Gasteiger partial charge is 0.497 e. The van der Waals surface area contributed by atoms with Crippen LogP contribution in [0.25, 0.3) is 0 Å². The highest BCUT2D eigenvalue weighted by atomic mass is 32.2. The van der Waals surface area contributed by atoms with Crippen molar-refractivity contribution in [3.05, 3.63) is 65.5 Å². The standard InChI is InChI=1S/C19H18N2O5S2/c1-25-15-9-10-16(17(12-15)26-2)20-19(22)13-5-7-14(8-6-13)21-28(23,24)18-4-3-11-27-18/h3-12,21H,1-2H3,(H,20,22). The molecule has 0 radical (unpaired) electrons. The van der Waals surface area contributed by atoms with Crippen molar-refractivity contribution in [1.29, 1.82) is 0 Å². The third-order valence-corrected chi connectivity index (χ3v) is 6.59. The third kappa shape index (κ3) is 4.44. The Hall–Kier alpha value is -3.04. The lowest BCUT2D eigenvalue weighted by Gasteiger charge is -2.12. The van der Waals surface area contributed by atoms with E-state index in [-0.39, 0.29) is 10.1 Å². The van der Waals surface area contributed by atoms with Gasteiger partial charge in [-0.05, 0) is 47.8 Å². The van der Waals surface area contributed by atoms with Gasteiger partial charge in [0, 0.05) is 17.3 Å². The number of anilines is 2. The molecule has 0 aliphatic carbocycles. The average Bonchev–Trinajstić information content (AvgIpc) is 3.24. The number of benzene rings is 2. The first kappa shape index (κ1) is 19.7. The smallest absolute Gasteiger partial charge is 0.271 e. The van der Waals surface area contributed by atoms with E-state index in [1.807, 2.05) is 0 Å². The second-order valence-electron chi connectivity index (χ2n) is 5.64. The van der Waals surface area contributed by atoms with E-state index in [4.69, 9.17) is 9.47 Å². The molecule has 0 bridgehead atoms. The molecule has 0 saturated heterocycles. The Morgan fingerprint density at radius 3 is 2.36 bits per heavy atom. The number of amides is 1. The molecule has 1 amide bonds. The quantitative estimate of drug-likeness (QED) is 0.608. The topological polar surface area (TPSA) is 93.7 Å². The van der Waals surface area contributed by atoms with E-state index in [1.165, 1.54) is 37.4 Å². The predicted octanol–water partition coefficient (Wildman–Crippen LogP) is 3.82.